The zero-order valence-electron chi connectivity index (χ0n) is 18.4. The summed E-state index contributed by atoms with van der Waals surface area (Å²) in [5, 5.41) is 3.23. The van der Waals surface area contributed by atoms with Crippen LogP contribution in [0.3, 0.4) is 0 Å². The van der Waals surface area contributed by atoms with Gasteiger partial charge in [-0.2, -0.15) is 0 Å². The lowest BCUT2D eigenvalue weighted by Gasteiger charge is -2.35. The molecule has 1 aromatic heterocycles. The molecule has 2 saturated heterocycles. The Kier molecular flexibility index (Phi) is 7.35. The van der Waals surface area contributed by atoms with E-state index in [9.17, 15) is 14.4 Å². The lowest BCUT2D eigenvalue weighted by atomic mass is 9.99. The Morgan fingerprint density at radius 1 is 1.27 bits per heavy atom. The quantitative estimate of drug-likeness (QED) is 0.608. The van der Waals surface area contributed by atoms with Gasteiger partial charge in [-0.05, 0) is 78.0 Å². The molecular weight excluding hydrogens is 508 g/mol. The van der Waals surface area contributed by atoms with Crippen LogP contribution in [0, 0.1) is 6.92 Å². The zero-order valence-corrected chi connectivity index (χ0v) is 20.8. The molecule has 176 valence electrons. The predicted molar refractivity (Wildman–Crippen MR) is 131 cm³/mol. The molecule has 3 N–H and O–H groups in total. The summed E-state index contributed by atoms with van der Waals surface area (Å²) in [5.74, 6) is -0.0960. The highest BCUT2D eigenvalue weighted by Gasteiger charge is 2.33. The van der Waals surface area contributed by atoms with Crippen molar-refractivity contribution in [3.63, 3.8) is 0 Å². The molecule has 0 saturated carbocycles. The maximum absolute atomic E-state index is 13.1. The summed E-state index contributed by atoms with van der Waals surface area (Å²) in [6.45, 7) is 3.41. The van der Waals surface area contributed by atoms with Gasteiger partial charge in [0, 0.05) is 43.3 Å². The molecule has 2 atom stereocenters. The minimum atomic E-state index is -0.586. The number of piperidine rings is 1. The van der Waals surface area contributed by atoms with Crippen LogP contribution in [0.15, 0.2) is 34.1 Å². The monoisotopic (exact) mass is 534 g/mol. The third kappa shape index (κ3) is 5.39. The predicted octanol–water partition coefficient (Wildman–Crippen LogP) is 3.67. The average Bonchev–Trinajstić information content (AvgIpc) is 3.37. The molecule has 0 radical (unpaired) electrons. The summed E-state index contributed by atoms with van der Waals surface area (Å²) in [7, 11) is 0. The number of benzene rings is 1. The Bertz CT molecular complexity index is 1060. The van der Waals surface area contributed by atoms with E-state index in [0.29, 0.717) is 29.4 Å². The molecule has 1 aromatic carbocycles. The molecule has 3 amide bonds. The first-order chi connectivity index (χ1) is 15.9. The number of hydrogen-bond donors (Lipinski definition) is 2. The number of nitrogens with two attached hydrogens (primary N) is 1. The Balaban J connectivity index is 1.40. The van der Waals surface area contributed by atoms with Crippen molar-refractivity contribution in [1.82, 2.24) is 10.2 Å². The average molecular weight is 535 g/mol. The second-order valence-corrected chi connectivity index (χ2v) is 10.8. The zero-order chi connectivity index (χ0) is 23.5. The number of aryl methyl sites for hydroxylation is 1. The van der Waals surface area contributed by atoms with Crippen molar-refractivity contribution >= 4 is 50.9 Å². The van der Waals surface area contributed by atoms with Crippen molar-refractivity contribution < 1.29 is 19.1 Å². The van der Waals surface area contributed by atoms with Crippen molar-refractivity contribution in [1.29, 1.82) is 0 Å². The van der Waals surface area contributed by atoms with Crippen LogP contribution in [0.4, 0.5) is 10.5 Å². The van der Waals surface area contributed by atoms with Gasteiger partial charge in [0.2, 0.25) is 5.91 Å². The number of likely N-dealkylation sites (tertiary alicyclic amines) is 1. The lowest BCUT2D eigenvalue weighted by Crippen LogP contribution is -2.47. The van der Waals surface area contributed by atoms with Crippen LogP contribution < -0.4 is 20.7 Å². The SMILES string of the molecule is Cc1cc(N2CC(NC(=O)Oc3ccc(Br)s3)CC2=O)ccc1C(=O)N1CCCCC1CN. The fourth-order valence-electron chi connectivity index (χ4n) is 4.42. The summed E-state index contributed by atoms with van der Waals surface area (Å²) in [4.78, 5) is 41.5. The van der Waals surface area contributed by atoms with Crippen molar-refractivity contribution in [2.24, 2.45) is 5.73 Å². The van der Waals surface area contributed by atoms with E-state index in [4.69, 9.17) is 10.5 Å². The Hall–Kier alpha value is -2.43. The van der Waals surface area contributed by atoms with E-state index in [0.717, 1.165) is 35.2 Å². The third-order valence-corrected chi connectivity index (χ3v) is 7.60. The molecule has 0 spiro atoms. The first-order valence-electron chi connectivity index (χ1n) is 11.0. The van der Waals surface area contributed by atoms with E-state index in [1.807, 2.05) is 17.9 Å². The van der Waals surface area contributed by atoms with Crippen LogP contribution in [0.1, 0.15) is 41.6 Å². The van der Waals surface area contributed by atoms with E-state index in [-0.39, 0.29) is 30.3 Å². The van der Waals surface area contributed by atoms with Gasteiger partial charge in [-0.15, -0.1) is 0 Å². The molecule has 2 aromatic rings. The molecule has 2 aliphatic rings. The third-order valence-electron chi connectivity index (χ3n) is 6.10. The highest BCUT2D eigenvalue weighted by atomic mass is 79.9. The molecule has 3 heterocycles. The summed E-state index contributed by atoms with van der Waals surface area (Å²) in [5.41, 5.74) is 8.04. The number of amides is 3. The van der Waals surface area contributed by atoms with Gasteiger partial charge in [0.1, 0.15) is 0 Å². The van der Waals surface area contributed by atoms with Gasteiger partial charge < -0.3 is 25.6 Å². The normalized spacial score (nSPS) is 20.8. The Morgan fingerprint density at radius 3 is 2.79 bits per heavy atom. The molecule has 2 fully saturated rings. The van der Waals surface area contributed by atoms with E-state index in [2.05, 4.69) is 21.2 Å². The topological polar surface area (TPSA) is 105 Å². The first kappa shape index (κ1) is 23.7. The summed E-state index contributed by atoms with van der Waals surface area (Å²) in [6, 6.07) is 8.66. The molecular formula is C23H27BrN4O4S. The minimum absolute atomic E-state index is 0.00977. The number of carbonyl (C=O) groups is 3. The van der Waals surface area contributed by atoms with Gasteiger partial charge in [-0.25, -0.2) is 4.79 Å². The van der Waals surface area contributed by atoms with Gasteiger partial charge in [0.25, 0.3) is 5.91 Å². The number of rotatable bonds is 5. The van der Waals surface area contributed by atoms with E-state index < -0.39 is 6.09 Å². The van der Waals surface area contributed by atoms with Crippen LogP contribution in [0.5, 0.6) is 5.06 Å². The summed E-state index contributed by atoms with van der Waals surface area (Å²) < 4.78 is 6.13. The fraction of sp³-hybridized carbons (Fsp3) is 0.435. The van der Waals surface area contributed by atoms with Gasteiger partial charge >= 0.3 is 6.09 Å². The number of thiophene rings is 1. The molecule has 2 unspecified atom stereocenters. The number of nitrogens with one attached hydrogen (secondary N) is 1. The number of ether oxygens (including phenoxy) is 1. The van der Waals surface area contributed by atoms with Crippen LogP contribution in [0.2, 0.25) is 0 Å². The first-order valence-corrected chi connectivity index (χ1v) is 12.6. The number of nitrogens with zero attached hydrogens (tertiary/aromatic N) is 2. The Morgan fingerprint density at radius 2 is 2.09 bits per heavy atom. The molecule has 0 aliphatic carbocycles. The van der Waals surface area contributed by atoms with E-state index in [1.54, 1.807) is 29.2 Å². The molecule has 0 bridgehead atoms. The van der Waals surface area contributed by atoms with E-state index in [1.165, 1.54) is 11.3 Å². The van der Waals surface area contributed by atoms with Crippen LogP contribution in [-0.2, 0) is 4.79 Å². The molecule has 10 heteroatoms. The van der Waals surface area contributed by atoms with Crippen molar-refractivity contribution in [3.05, 3.63) is 45.2 Å². The highest BCUT2D eigenvalue weighted by molar-refractivity contribution is 9.11. The minimum Gasteiger partial charge on any atom is -0.399 e. The number of anilines is 1. The molecule has 33 heavy (non-hydrogen) atoms. The molecule has 2 aliphatic heterocycles. The largest absolute Gasteiger partial charge is 0.413 e. The van der Waals surface area contributed by atoms with Gasteiger partial charge in [-0.3, -0.25) is 9.59 Å². The van der Waals surface area contributed by atoms with Crippen LogP contribution >= 0.6 is 27.3 Å². The van der Waals surface area contributed by atoms with E-state index >= 15 is 0 Å². The number of carbonyl (C=O) groups excluding carboxylic acids is 3. The number of hydrogen-bond acceptors (Lipinski definition) is 6. The molecule has 4 rings (SSSR count). The van der Waals surface area contributed by atoms with Crippen molar-refractivity contribution in [3.8, 4) is 5.06 Å². The van der Waals surface area contributed by atoms with Gasteiger partial charge in [0.05, 0.1) is 9.83 Å². The second kappa shape index (κ2) is 10.2. The maximum atomic E-state index is 13.1. The summed E-state index contributed by atoms with van der Waals surface area (Å²) in [6.07, 6.45) is 2.62. The van der Waals surface area contributed by atoms with Crippen molar-refractivity contribution in [2.75, 3.05) is 24.5 Å². The maximum Gasteiger partial charge on any atom is 0.413 e. The lowest BCUT2D eigenvalue weighted by molar-refractivity contribution is -0.117. The van der Waals surface area contributed by atoms with Gasteiger partial charge in [-0.1, -0.05) is 11.3 Å². The highest BCUT2D eigenvalue weighted by Crippen LogP contribution is 2.29. The second-order valence-electron chi connectivity index (χ2n) is 8.38. The Labute approximate surface area is 205 Å². The van der Waals surface area contributed by atoms with Crippen molar-refractivity contribution in [2.45, 2.75) is 44.7 Å². The van der Waals surface area contributed by atoms with Crippen LogP contribution in [0.25, 0.3) is 0 Å². The van der Waals surface area contributed by atoms with Crippen LogP contribution in [-0.4, -0.2) is 54.5 Å². The number of halogens is 1. The fourth-order valence-corrected chi connectivity index (χ4v) is 5.61. The molecule has 8 nitrogen and oxygen atoms in total. The smallest absolute Gasteiger partial charge is 0.399 e. The van der Waals surface area contributed by atoms with Gasteiger partial charge in [0.15, 0.2) is 5.06 Å². The standard InChI is InChI=1S/C23H27BrN4O4S/c1-14-10-16(5-6-18(14)22(30)27-9-3-2-4-17(27)12-25)28-13-15(11-20(28)29)26-23(31)32-21-8-7-19(24)33-21/h5-8,10,15,17H,2-4,9,11-13,25H2,1H3,(H,26,31). The summed E-state index contributed by atoms with van der Waals surface area (Å²) >= 11 is 4.63.